The molecule has 0 bridgehead atoms. The third-order valence-corrected chi connectivity index (χ3v) is 4.32. The van der Waals surface area contributed by atoms with Gasteiger partial charge in [0.15, 0.2) is 0 Å². The molecule has 0 saturated carbocycles. The molecule has 2 atom stereocenters. The number of hydrogen-bond acceptors (Lipinski definition) is 3. The zero-order valence-electron chi connectivity index (χ0n) is 14.5. The Morgan fingerprint density at radius 2 is 1.91 bits per heavy atom. The standard InChI is InChI=1S/C19H30N2O2/c1-16(13-21-10-6-7-11-21)12-20-19(22)17(2)14-23-15-18-8-4-3-5-9-18/h3-5,8-9,16-17H,6-7,10-15H2,1-2H3,(H,20,22)/t16-,17-/m1/s1. The summed E-state index contributed by atoms with van der Waals surface area (Å²) in [6, 6.07) is 10.0. The molecule has 0 spiro atoms. The second-order valence-corrected chi connectivity index (χ2v) is 6.76. The third-order valence-electron chi connectivity index (χ3n) is 4.32. The van der Waals surface area contributed by atoms with Gasteiger partial charge in [-0.3, -0.25) is 4.79 Å². The van der Waals surface area contributed by atoms with Crippen molar-refractivity contribution in [1.29, 1.82) is 0 Å². The maximum Gasteiger partial charge on any atom is 0.225 e. The summed E-state index contributed by atoms with van der Waals surface area (Å²) in [5.74, 6) is 0.471. The van der Waals surface area contributed by atoms with E-state index < -0.39 is 0 Å². The average Bonchev–Trinajstić information content (AvgIpc) is 3.06. The molecule has 0 aliphatic carbocycles. The fourth-order valence-electron chi connectivity index (χ4n) is 2.92. The number of nitrogens with zero attached hydrogens (tertiary/aromatic N) is 1. The van der Waals surface area contributed by atoms with E-state index in [4.69, 9.17) is 4.74 Å². The molecule has 1 amide bonds. The van der Waals surface area contributed by atoms with Gasteiger partial charge in [0.25, 0.3) is 0 Å². The van der Waals surface area contributed by atoms with E-state index in [1.807, 2.05) is 37.3 Å². The highest BCUT2D eigenvalue weighted by molar-refractivity contribution is 5.78. The Morgan fingerprint density at radius 1 is 1.22 bits per heavy atom. The number of amides is 1. The fourth-order valence-corrected chi connectivity index (χ4v) is 2.92. The van der Waals surface area contributed by atoms with Gasteiger partial charge in [0, 0.05) is 13.1 Å². The zero-order chi connectivity index (χ0) is 16.5. The number of carbonyl (C=O) groups excluding carboxylic acids is 1. The first-order valence-corrected chi connectivity index (χ1v) is 8.77. The zero-order valence-corrected chi connectivity index (χ0v) is 14.5. The first-order valence-electron chi connectivity index (χ1n) is 8.77. The first kappa shape index (κ1) is 18.0. The first-order chi connectivity index (χ1) is 11.1. The molecule has 0 radical (unpaired) electrons. The number of nitrogens with one attached hydrogen (secondary N) is 1. The second kappa shape index (κ2) is 9.68. The van der Waals surface area contributed by atoms with Gasteiger partial charge in [-0.2, -0.15) is 0 Å². The Hall–Kier alpha value is -1.39. The number of likely N-dealkylation sites (tertiary alicyclic amines) is 1. The number of benzene rings is 1. The van der Waals surface area contributed by atoms with Gasteiger partial charge in [-0.1, -0.05) is 44.2 Å². The molecule has 1 N–H and O–H groups in total. The Labute approximate surface area is 140 Å². The van der Waals surface area contributed by atoms with Gasteiger partial charge in [0.2, 0.25) is 5.91 Å². The molecule has 23 heavy (non-hydrogen) atoms. The normalized spacial score (nSPS) is 17.8. The van der Waals surface area contributed by atoms with Crippen LogP contribution >= 0.6 is 0 Å². The van der Waals surface area contributed by atoms with Crippen molar-refractivity contribution >= 4 is 5.91 Å². The highest BCUT2D eigenvalue weighted by atomic mass is 16.5. The maximum atomic E-state index is 12.1. The van der Waals surface area contributed by atoms with Crippen molar-refractivity contribution in [1.82, 2.24) is 10.2 Å². The van der Waals surface area contributed by atoms with Crippen molar-refractivity contribution in [3.05, 3.63) is 35.9 Å². The van der Waals surface area contributed by atoms with Crippen molar-refractivity contribution in [2.75, 3.05) is 32.8 Å². The summed E-state index contributed by atoms with van der Waals surface area (Å²) >= 11 is 0. The molecule has 1 fully saturated rings. The lowest BCUT2D eigenvalue weighted by atomic mass is 10.1. The van der Waals surface area contributed by atoms with E-state index in [1.54, 1.807) is 0 Å². The predicted octanol–water partition coefficient (Wildman–Crippen LogP) is 2.69. The highest BCUT2D eigenvalue weighted by Crippen LogP contribution is 2.10. The van der Waals surface area contributed by atoms with E-state index in [9.17, 15) is 4.79 Å². The molecule has 1 saturated heterocycles. The fraction of sp³-hybridized carbons (Fsp3) is 0.632. The Morgan fingerprint density at radius 3 is 2.61 bits per heavy atom. The molecule has 0 aromatic heterocycles. The van der Waals surface area contributed by atoms with Crippen LogP contribution in [0.25, 0.3) is 0 Å². The van der Waals surface area contributed by atoms with Crippen LogP contribution < -0.4 is 5.32 Å². The lowest BCUT2D eigenvalue weighted by Crippen LogP contribution is -2.37. The molecular weight excluding hydrogens is 288 g/mol. The summed E-state index contributed by atoms with van der Waals surface area (Å²) in [5.41, 5.74) is 1.14. The van der Waals surface area contributed by atoms with Gasteiger partial charge < -0.3 is 15.0 Å². The van der Waals surface area contributed by atoms with Crippen molar-refractivity contribution in [2.24, 2.45) is 11.8 Å². The molecule has 1 aliphatic heterocycles. The van der Waals surface area contributed by atoms with E-state index in [1.165, 1.54) is 25.9 Å². The van der Waals surface area contributed by atoms with Crippen LogP contribution in [0.3, 0.4) is 0 Å². The van der Waals surface area contributed by atoms with Gasteiger partial charge in [0.05, 0.1) is 19.1 Å². The topological polar surface area (TPSA) is 41.6 Å². The van der Waals surface area contributed by atoms with E-state index >= 15 is 0 Å². The predicted molar refractivity (Wildman–Crippen MR) is 93.1 cm³/mol. The van der Waals surface area contributed by atoms with Crippen LogP contribution in [0.5, 0.6) is 0 Å². The van der Waals surface area contributed by atoms with Crippen LogP contribution in [0.4, 0.5) is 0 Å². The van der Waals surface area contributed by atoms with E-state index in [-0.39, 0.29) is 11.8 Å². The van der Waals surface area contributed by atoms with Gasteiger partial charge in [0.1, 0.15) is 0 Å². The van der Waals surface area contributed by atoms with Crippen molar-refractivity contribution < 1.29 is 9.53 Å². The Kier molecular flexibility index (Phi) is 7.56. The molecule has 1 aliphatic rings. The molecule has 1 heterocycles. The van der Waals surface area contributed by atoms with E-state index in [0.717, 1.165) is 18.7 Å². The van der Waals surface area contributed by atoms with Crippen molar-refractivity contribution in [2.45, 2.75) is 33.3 Å². The van der Waals surface area contributed by atoms with Gasteiger partial charge >= 0.3 is 0 Å². The number of hydrogen-bond donors (Lipinski definition) is 1. The van der Waals surface area contributed by atoms with E-state index in [2.05, 4.69) is 17.1 Å². The van der Waals surface area contributed by atoms with Crippen LogP contribution in [0.2, 0.25) is 0 Å². The SMILES string of the molecule is C[C@H](CNC(=O)[C@H](C)COCc1ccccc1)CN1CCCC1. The highest BCUT2D eigenvalue weighted by Gasteiger charge is 2.17. The lowest BCUT2D eigenvalue weighted by Gasteiger charge is -2.21. The molecule has 128 valence electrons. The van der Waals surface area contributed by atoms with Crippen LogP contribution in [0, 0.1) is 11.8 Å². The summed E-state index contributed by atoms with van der Waals surface area (Å²) in [7, 11) is 0. The van der Waals surface area contributed by atoms with E-state index in [0.29, 0.717) is 19.1 Å². The lowest BCUT2D eigenvalue weighted by molar-refractivity contribution is -0.126. The largest absolute Gasteiger partial charge is 0.376 e. The summed E-state index contributed by atoms with van der Waals surface area (Å²) in [5, 5.41) is 3.06. The smallest absolute Gasteiger partial charge is 0.225 e. The number of rotatable bonds is 9. The Balaban J connectivity index is 1.58. The summed E-state index contributed by atoms with van der Waals surface area (Å²) < 4.78 is 5.65. The quantitative estimate of drug-likeness (QED) is 0.761. The summed E-state index contributed by atoms with van der Waals surface area (Å²) in [4.78, 5) is 14.6. The van der Waals surface area contributed by atoms with Crippen molar-refractivity contribution in [3.8, 4) is 0 Å². The third kappa shape index (κ3) is 6.71. The van der Waals surface area contributed by atoms with Gasteiger partial charge in [-0.05, 0) is 37.4 Å². The molecule has 1 aromatic rings. The molecule has 1 aromatic carbocycles. The summed E-state index contributed by atoms with van der Waals surface area (Å²) in [6.45, 7) is 9.40. The average molecular weight is 318 g/mol. The van der Waals surface area contributed by atoms with Crippen LogP contribution in [0.15, 0.2) is 30.3 Å². The maximum absolute atomic E-state index is 12.1. The minimum absolute atomic E-state index is 0.0892. The van der Waals surface area contributed by atoms with Gasteiger partial charge in [-0.15, -0.1) is 0 Å². The van der Waals surface area contributed by atoms with Crippen molar-refractivity contribution in [3.63, 3.8) is 0 Å². The minimum Gasteiger partial charge on any atom is -0.376 e. The molecule has 2 rings (SSSR count). The van der Waals surface area contributed by atoms with Crippen LogP contribution in [-0.4, -0.2) is 43.6 Å². The Bertz CT molecular complexity index is 458. The van der Waals surface area contributed by atoms with Crippen LogP contribution in [-0.2, 0) is 16.1 Å². The monoisotopic (exact) mass is 318 g/mol. The molecular formula is C19H30N2O2. The molecule has 4 heteroatoms. The molecule has 4 nitrogen and oxygen atoms in total. The minimum atomic E-state index is -0.113. The molecule has 0 unspecified atom stereocenters. The number of ether oxygens (including phenoxy) is 1. The van der Waals surface area contributed by atoms with Gasteiger partial charge in [-0.25, -0.2) is 0 Å². The van der Waals surface area contributed by atoms with Crippen LogP contribution in [0.1, 0.15) is 32.3 Å². The number of carbonyl (C=O) groups is 1. The second-order valence-electron chi connectivity index (χ2n) is 6.76. The summed E-state index contributed by atoms with van der Waals surface area (Å²) in [6.07, 6.45) is 2.63.